The van der Waals surface area contributed by atoms with Crippen LogP contribution in [0.25, 0.3) is 0 Å². The Morgan fingerprint density at radius 1 is 1.00 bits per heavy atom. The summed E-state index contributed by atoms with van der Waals surface area (Å²) >= 11 is 0. The van der Waals surface area contributed by atoms with Gasteiger partial charge in [-0.25, -0.2) is 4.39 Å². The third-order valence-electron chi connectivity index (χ3n) is 6.93. The van der Waals surface area contributed by atoms with Crippen molar-refractivity contribution in [1.29, 1.82) is 0 Å². The van der Waals surface area contributed by atoms with E-state index in [1.807, 2.05) is 12.1 Å². The van der Waals surface area contributed by atoms with Crippen molar-refractivity contribution < 1.29 is 14.0 Å². The van der Waals surface area contributed by atoms with E-state index in [-0.39, 0.29) is 23.5 Å². The lowest BCUT2D eigenvalue weighted by Gasteiger charge is -2.35. The van der Waals surface area contributed by atoms with Crippen LogP contribution in [0.1, 0.15) is 80.8 Å². The topological polar surface area (TPSA) is 49.4 Å². The van der Waals surface area contributed by atoms with Crippen LogP contribution in [0.5, 0.6) is 0 Å². The minimum Gasteiger partial charge on any atom is -0.303 e. The molecule has 152 valence electrons. The second kappa shape index (κ2) is 8.73. The van der Waals surface area contributed by atoms with Gasteiger partial charge in [-0.2, -0.15) is 0 Å². The van der Waals surface area contributed by atoms with E-state index in [0.29, 0.717) is 18.4 Å². The Labute approximate surface area is 166 Å². The van der Waals surface area contributed by atoms with E-state index in [4.69, 9.17) is 0 Å². The molecule has 1 aromatic carbocycles. The fourth-order valence-electron chi connectivity index (χ4n) is 5.26. The number of carbonyl (C=O) groups excluding carboxylic acids is 2. The molecular formula is C23H31FN2O2. The van der Waals surface area contributed by atoms with Crippen molar-refractivity contribution in [2.45, 2.75) is 69.6 Å². The van der Waals surface area contributed by atoms with Crippen molar-refractivity contribution in [3.63, 3.8) is 0 Å². The molecule has 4 rings (SSSR count). The molecule has 4 nitrogen and oxygen atoms in total. The van der Waals surface area contributed by atoms with Crippen LogP contribution in [0.4, 0.5) is 4.39 Å². The predicted molar refractivity (Wildman–Crippen MR) is 107 cm³/mol. The Kier molecular flexibility index (Phi) is 6.10. The highest BCUT2D eigenvalue weighted by Gasteiger charge is 2.30. The highest BCUT2D eigenvalue weighted by atomic mass is 19.1. The van der Waals surface area contributed by atoms with Gasteiger partial charge in [0.25, 0.3) is 0 Å². The maximum atomic E-state index is 14.9. The first kappa shape index (κ1) is 19.6. The van der Waals surface area contributed by atoms with Gasteiger partial charge in [0.2, 0.25) is 11.8 Å². The fraction of sp³-hybridized carbons (Fsp3) is 0.652. The van der Waals surface area contributed by atoms with Crippen molar-refractivity contribution in [3.8, 4) is 0 Å². The number of halogens is 1. The molecule has 5 heteroatoms. The van der Waals surface area contributed by atoms with Crippen LogP contribution in [-0.4, -0.2) is 36.3 Å². The number of hydrogen-bond acceptors (Lipinski definition) is 3. The number of piperidine rings is 2. The molecule has 2 saturated heterocycles. The van der Waals surface area contributed by atoms with Crippen LogP contribution in [-0.2, 0) is 9.59 Å². The zero-order valence-corrected chi connectivity index (χ0v) is 16.6. The van der Waals surface area contributed by atoms with E-state index < -0.39 is 5.92 Å². The standard InChI is InChI=1S/C23H31FN2O2/c24-21-14-18(20-8-9-22(27)25-23(20)28)6-7-19(21)17-10-12-26(13-11-17)15-16-4-2-1-3-5-16/h6-7,14,16-17,20H,1-5,8-13,15H2,(H,25,27,28)/t20-/m0/s1. The van der Waals surface area contributed by atoms with Crippen molar-refractivity contribution in [3.05, 3.63) is 35.1 Å². The van der Waals surface area contributed by atoms with Crippen LogP contribution in [0.15, 0.2) is 18.2 Å². The van der Waals surface area contributed by atoms with Crippen LogP contribution in [0.3, 0.4) is 0 Å². The van der Waals surface area contributed by atoms with E-state index >= 15 is 0 Å². The number of nitrogens with zero attached hydrogens (tertiary/aromatic N) is 1. The number of carbonyl (C=O) groups is 2. The van der Waals surface area contributed by atoms with E-state index in [0.717, 1.165) is 37.4 Å². The largest absolute Gasteiger partial charge is 0.303 e. The van der Waals surface area contributed by atoms with Crippen LogP contribution >= 0.6 is 0 Å². The third kappa shape index (κ3) is 4.45. The summed E-state index contributed by atoms with van der Waals surface area (Å²) in [6.45, 7) is 3.31. The summed E-state index contributed by atoms with van der Waals surface area (Å²) in [6.07, 6.45) is 9.68. The molecule has 28 heavy (non-hydrogen) atoms. The highest BCUT2D eigenvalue weighted by molar-refractivity contribution is 6.00. The molecular weight excluding hydrogens is 355 g/mol. The van der Waals surface area contributed by atoms with Crippen LogP contribution < -0.4 is 5.32 Å². The summed E-state index contributed by atoms with van der Waals surface area (Å²) in [7, 11) is 0. The Morgan fingerprint density at radius 2 is 1.75 bits per heavy atom. The van der Waals surface area contributed by atoms with E-state index in [2.05, 4.69) is 10.2 Å². The molecule has 2 heterocycles. The number of imide groups is 1. The molecule has 0 radical (unpaired) electrons. The second-order valence-electron chi connectivity index (χ2n) is 8.86. The summed E-state index contributed by atoms with van der Waals surface area (Å²) in [6, 6.07) is 5.27. The van der Waals surface area contributed by atoms with Gasteiger partial charge in [-0.05, 0) is 74.2 Å². The molecule has 1 saturated carbocycles. The zero-order chi connectivity index (χ0) is 19.5. The number of hydrogen-bond donors (Lipinski definition) is 1. The van der Waals surface area contributed by atoms with Crippen molar-refractivity contribution >= 4 is 11.8 Å². The van der Waals surface area contributed by atoms with Crippen LogP contribution in [0.2, 0.25) is 0 Å². The highest BCUT2D eigenvalue weighted by Crippen LogP contribution is 2.34. The summed E-state index contributed by atoms with van der Waals surface area (Å²) in [4.78, 5) is 25.9. The first-order chi connectivity index (χ1) is 13.6. The maximum absolute atomic E-state index is 14.9. The SMILES string of the molecule is O=C1CC[C@@H](c2ccc(C3CCN(CC4CCCCC4)CC3)c(F)c2)C(=O)N1. The van der Waals surface area contributed by atoms with Gasteiger partial charge in [0.1, 0.15) is 5.82 Å². The summed E-state index contributed by atoms with van der Waals surface area (Å²) < 4.78 is 14.9. The molecule has 0 spiro atoms. The lowest BCUT2D eigenvalue weighted by Crippen LogP contribution is -2.39. The molecule has 0 unspecified atom stereocenters. The Balaban J connectivity index is 1.35. The van der Waals surface area contributed by atoms with Crippen LogP contribution in [0, 0.1) is 11.7 Å². The van der Waals surface area contributed by atoms with Gasteiger partial charge in [0, 0.05) is 13.0 Å². The third-order valence-corrected chi connectivity index (χ3v) is 6.93. The van der Waals surface area contributed by atoms with E-state index in [9.17, 15) is 14.0 Å². The summed E-state index contributed by atoms with van der Waals surface area (Å²) in [5, 5.41) is 2.36. The predicted octanol–water partition coefficient (Wildman–Crippen LogP) is 4.11. The maximum Gasteiger partial charge on any atom is 0.234 e. The Hall–Kier alpha value is -1.75. The Bertz CT molecular complexity index is 721. The molecule has 1 aromatic rings. The summed E-state index contributed by atoms with van der Waals surface area (Å²) in [5.74, 6) is -0.0440. The molecule has 2 amide bonds. The average Bonchev–Trinajstić information content (AvgIpc) is 2.69. The molecule has 2 aliphatic heterocycles. The van der Waals surface area contributed by atoms with Gasteiger partial charge in [0.15, 0.2) is 0 Å². The minimum atomic E-state index is -0.418. The van der Waals surface area contributed by atoms with Gasteiger partial charge < -0.3 is 4.90 Å². The first-order valence-electron chi connectivity index (χ1n) is 11.0. The van der Waals surface area contributed by atoms with E-state index in [1.54, 1.807) is 0 Å². The average molecular weight is 387 g/mol. The zero-order valence-electron chi connectivity index (χ0n) is 16.6. The van der Waals surface area contributed by atoms with E-state index in [1.165, 1.54) is 44.7 Å². The number of benzene rings is 1. The fourth-order valence-corrected chi connectivity index (χ4v) is 5.26. The van der Waals surface area contributed by atoms with Crippen molar-refractivity contribution in [2.24, 2.45) is 5.92 Å². The first-order valence-corrected chi connectivity index (χ1v) is 11.0. The number of likely N-dealkylation sites (tertiary alicyclic amines) is 1. The Morgan fingerprint density at radius 3 is 2.43 bits per heavy atom. The smallest absolute Gasteiger partial charge is 0.234 e. The van der Waals surface area contributed by atoms with Gasteiger partial charge in [-0.1, -0.05) is 31.4 Å². The molecule has 1 atom stereocenters. The second-order valence-corrected chi connectivity index (χ2v) is 8.86. The lowest BCUT2D eigenvalue weighted by atomic mass is 9.84. The van der Waals surface area contributed by atoms with Gasteiger partial charge in [0.05, 0.1) is 5.92 Å². The molecule has 3 fully saturated rings. The van der Waals surface area contributed by atoms with Gasteiger partial charge >= 0.3 is 0 Å². The minimum absolute atomic E-state index is 0.201. The number of nitrogens with one attached hydrogen (secondary N) is 1. The number of amides is 2. The molecule has 1 N–H and O–H groups in total. The van der Waals surface area contributed by atoms with Gasteiger partial charge in [-0.15, -0.1) is 0 Å². The normalized spacial score (nSPS) is 25.7. The van der Waals surface area contributed by atoms with Crippen molar-refractivity contribution in [1.82, 2.24) is 10.2 Å². The monoisotopic (exact) mass is 386 g/mol. The quantitative estimate of drug-likeness (QED) is 0.793. The molecule has 0 aromatic heterocycles. The molecule has 0 bridgehead atoms. The van der Waals surface area contributed by atoms with Crippen molar-refractivity contribution in [2.75, 3.05) is 19.6 Å². The summed E-state index contributed by atoms with van der Waals surface area (Å²) in [5.41, 5.74) is 1.47. The lowest BCUT2D eigenvalue weighted by molar-refractivity contribution is -0.134. The number of rotatable bonds is 4. The molecule has 1 aliphatic carbocycles. The molecule has 3 aliphatic rings. The van der Waals surface area contributed by atoms with Gasteiger partial charge in [-0.3, -0.25) is 14.9 Å².